The summed E-state index contributed by atoms with van der Waals surface area (Å²) in [6.07, 6.45) is 9.96. The third-order valence-corrected chi connectivity index (χ3v) is 7.20. The van der Waals surface area contributed by atoms with Crippen molar-refractivity contribution in [3.8, 4) is 0 Å². The van der Waals surface area contributed by atoms with Crippen molar-refractivity contribution in [2.75, 3.05) is 12.4 Å². The number of hydrogen-bond donors (Lipinski definition) is 2. The van der Waals surface area contributed by atoms with Crippen molar-refractivity contribution < 1.29 is 9.90 Å². The molecule has 168 valence electrons. The van der Waals surface area contributed by atoms with E-state index in [1.165, 1.54) is 12.0 Å². The Bertz CT molecular complexity index is 1030. The summed E-state index contributed by atoms with van der Waals surface area (Å²) in [5.74, 6) is -0.000930. The van der Waals surface area contributed by atoms with E-state index >= 15 is 0 Å². The van der Waals surface area contributed by atoms with Crippen LogP contribution in [0.1, 0.15) is 69.9 Å². The smallest absolute Gasteiger partial charge is 0.293 e. The molecule has 2 aliphatic heterocycles. The Hall–Kier alpha value is -2.75. The molecule has 1 amide bonds. The first-order valence-electron chi connectivity index (χ1n) is 11.6. The lowest BCUT2D eigenvalue weighted by Gasteiger charge is -2.45. The van der Waals surface area contributed by atoms with Crippen molar-refractivity contribution in [1.82, 2.24) is 4.90 Å². The number of nitrogens with zero attached hydrogens (tertiary/aromatic N) is 3. The second-order valence-electron chi connectivity index (χ2n) is 9.43. The molecule has 4 rings (SSSR count). The molecule has 1 fully saturated rings. The van der Waals surface area contributed by atoms with Gasteiger partial charge in [-0.05, 0) is 82.7 Å². The Morgan fingerprint density at radius 3 is 2.62 bits per heavy atom. The SMILES string of the molecule is [C-]#[N+]C1=CCC(C(=O)Nc2ccc(C3(O)CC(C)N(C)C(C)C3)cc2C2=CCCCC2)=N1. The molecule has 32 heavy (non-hydrogen) atoms. The third kappa shape index (κ3) is 4.41. The molecule has 2 heterocycles. The number of benzene rings is 1. The number of aliphatic imine (C=N–C) groups is 1. The zero-order chi connectivity index (χ0) is 22.9. The van der Waals surface area contributed by atoms with Crippen LogP contribution in [0, 0.1) is 6.57 Å². The van der Waals surface area contributed by atoms with Crippen LogP contribution in [0.2, 0.25) is 0 Å². The Kier molecular flexibility index (Phi) is 6.32. The van der Waals surface area contributed by atoms with Gasteiger partial charge in [-0.2, -0.15) is 0 Å². The van der Waals surface area contributed by atoms with E-state index in [1.54, 1.807) is 6.08 Å². The van der Waals surface area contributed by atoms with E-state index in [1.807, 2.05) is 12.1 Å². The Morgan fingerprint density at radius 1 is 1.25 bits per heavy atom. The first kappa shape index (κ1) is 22.4. The van der Waals surface area contributed by atoms with Crippen LogP contribution in [0.15, 0.2) is 41.2 Å². The van der Waals surface area contributed by atoms with E-state index in [0.29, 0.717) is 25.0 Å². The summed E-state index contributed by atoms with van der Waals surface area (Å²) in [7, 11) is 2.12. The topological polar surface area (TPSA) is 69.3 Å². The van der Waals surface area contributed by atoms with Gasteiger partial charge >= 0.3 is 0 Å². The van der Waals surface area contributed by atoms with Gasteiger partial charge in [-0.1, -0.05) is 24.8 Å². The predicted octanol–water partition coefficient (Wildman–Crippen LogP) is 4.88. The molecule has 2 unspecified atom stereocenters. The van der Waals surface area contributed by atoms with Gasteiger partial charge < -0.3 is 20.2 Å². The Balaban J connectivity index is 1.67. The maximum atomic E-state index is 12.8. The average Bonchev–Trinajstić information content (AvgIpc) is 3.28. The van der Waals surface area contributed by atoms with Gasteiger partial charge in [0, 0.05) is 29.8 Å². The Morgan fingerprint density at radius 2 is 2.00 bits per heavy atom. The molecule has 1 saturated heterocycles. The molecule has 6 nitrogen and oxygen atoms in total. The fourth-order valence-electron chi connectivity index (χ4n) is 5.14. The highest BCUT2D eigenvalue weighted by Crippen LogP contribution is 2.41. The molecular weight excluding hydrogens is 400 g/mol. The number of rotatable bonds is 4. The first-order chi connectivity index (χ1) is 15.3. The maximum Gasteiger partial charge on any atom is 0.293 e. The van der Waals surface area contributed by atoms with Crippen LogP contribution in [-0.2, 0) is 10.4 Å². The van der Waals surface area contributed by atoms with Crippen LogP contribution in [0.25, 0.3) is 10.4 Å². The van der Waals surface area contributed by atoms with E-state index in [9.17, 15) is 9.90 Å². The number of amides is 1. The average molecular weight is 433 g/mol. The summed E-state index contributed by atoms with van der Waals surface area (Å²) in [5.41, 5.74) is 3.34. The van der Waals surface area contributed by atoms with Crippen LogP contribution in [0.5, 0.6) is 0 Å². The van der Waals surface area contributed by atoms with Crippen LogP contribution in [0.4, 0.5) is 5.69 Å². The molecule has 0 aromatic heterocycles. The number of nitrogens with one attached hydrogen (secondary N) is 1. The van der Waals surface area contributed by atoms with Crippen molar-refractivity contribution in [3.05, 3.63) is 58.7 Å². The lowest BCUT2D eigenvalue weighted by Crippen LogP contribution is -2.50. The third-order valence-electron chi connectivity index (χ3n) is 7.20. The van der Waals surface area contributed by atoms with E-state index in [-0.39, 0.29) is 23.8 Å². The van der Waals surface area contributed by atoms with Crippen LogP contribution in [0.3, 0.4) is 0 Å². The first-order valence-corrected chi connectivity index (χ1v) is 11.6. The standard InChI is InChI=1S/C26H32N4O2/c1-17-15-26(32,16-18(2)30(17)4)20-10-11-22(21(14-20)19-8-6-5-7-9-19)29-25(31)23-12-13-24(27-3)28-23/h8,10-11,13-14,17-18,32H,5-7,9,12,15-16H2,1-2,4H3,(H,29,31). The molecule has 3 aliphatic rings. The van der Waals surface area contributed by atoms with Crippen LogP contribution >= 0.6 is 0 Å². The summed E-state index contributed by atoms with van der Waals surface area (Å²) < 4.78 is 0. The second-order valence-corrected chi connectivity index (χ2v) is 9.43. The second kappa shape index (κ2) is 9.01. The molecule has 0 spiro atoms. The molecule has 2 N–H and O–H groups in total. The van der Waals surface area contributed by atoms with Gasteiger partial charge in [0.25, 0.3) is 11.7 Å². The summed E-state index contributed by atoms with van der Waals surface area (Å²) in [6, 6.07) is 6.51. The largest absolute Gasteiger partial charge is 0.385 e. The monoisotopic (exact) mass is 432 g/mol. The van der Waals surface area contributed by atoms with Crippen LogP contribution in [-0.4, -0.2) is 40.8 Å². The lowest BCUT2D eigenvalue weighted by atomic mass is 9.77. The zero-order valence-corrected chi connectivity index (χ0v) is 19.2. The quantitative estimate of drug-likeness (QED) is 0.667. The van der Waals surface area contributed by atoms with Gasteiger partial charge in [0.05, 0.1) is 5.60 Å². The summed E-state index contributed by atoms with van der Waals surface area (Å²) in [4.78, 5) is 22.6. The predicted molar refractivity (Wildman–Crippen MR) is 128 cm³/mol. The molecule has 2 atom stereocenters. The number of aliphatic hydroxyl groups is 1. The van der Waals surface area contributed by atoms with Crippen molar-refractivity contribution in [1.29, 1.82) is 0 Å². The van der Waals surface area contributed by atoms with E-state index in [2.05, 4.69) is 53.1 Å². The number of carbonyl (C=O) groups is 1. The zero-order valence-electron chi connectivity index (χ0n) is 19.2. The van der Waals surface area contributed by atoms with Gasteiger partial charge in [-0.3, -0.25) is 4.79 Å². The highest BCUT2D eigenvalue weighted by Gasteiger charge is 2.40. The van der Waals surface area contributed by atoms with E-state index in [0.717, 1.165) is 36.1 Å². The number of likely N-dealkylation sites (tertiary alicyclic amines) is 1. The molecule has 0 saturated carbocycles. The lowest BCUT2D eigenvalue weighted by molar-refractivity contribution is -0.110. The number of anilines is 1. The minimum Gasteiger partial charge on any atom is -0.385 e. The number of hydrogen-bond acceptors (Lipinski definition) is 4. The van der Waals surface area contributed by atoms with Crippen molar-refractivity contribution in [2.45, 2.75) is 76.5 Å². The van der Waals surface area contributed by atoms with Crippen molar-refractivity contribution in [3.63, 3.8) is 0 Å². The van der Waals surface area contributed by atoms with Crippen molar-refractivity contribution >= 4 is 22.9 Å². The minimum atomic E-state index is -0.887. The number of allylic oxidation sites excluding steroid dienone is 3. The van der Waals surface area contributed by atoms with Gasteiger partial charge in [-0.25, -0.2) is 0 Å². The normalized spacial score (nSPS) is 28.4. The number of piperidine rings is 1. The van der Waals surface area contributed by atoms with Gasteiger partial charge in [0.15, 0.2) is 5.71 Å². The highest BCUT2D eigenvalue weighted by atomic mass is 16.3. The van der Waals surface area contributed by atoms with E-state index < -0.39 is 5.60 Å². The molecule has 6 heteroatoms. The molecule has 0 bridgehead atoms. The Labute approximate surface area is 190 Å². The summed E-state index contributed by atoms with van der Waals surface area (Å²) in [5, 5.41) is 14.7. The van der Waals surface area contributed by atoms with Crippen LogP contribution < -0.4 is 5.32 Å². The molecule has 1 aliphatic carbocycles. The van der Waals surface area contributed by atoms with E-state index in [4.69, 9.17) is 6.57 Å². The molecule has 0 radical (unpaired) electrons. The van der Waals surface area contributed by atoms with Gasteiger partial charge in [-0.15, -0.1) is 4.99 Å². The molecule has 1 aromatic rings. The van der Waals surface area contributed by atoms with Gasteiger partial charge in [0.1, 0.15) is 0 Å². The van der Waals surface area contributed by atoms with Crippen molar-refractivity contribution in [2.24, 2.45) is 4.99 Å². The minimum absolute atomic E-state index is 0.272. The molecule has 1 aromatic carbocycles. The van der Waals surface area contributed by atoms with Gasteiger partial charge in [0.2, 0.25) is 0 Å². The fourth-order valence-corrected chi connectivity index (χ4v) is 5.14. The number of carbonyl (C=O) groups excluding carboxylic acids is 1. The highest BCUT2D eigenvalue weighted by molar-refractivity contribution is 6.44. The maximum absolute atomic E-state index is 12.8. The fraction of sp³-hybridized carbons (Fsp3) is 0.500. The summed E-state index contributed by atoms with van der Waals surface area (Å²) in [6.45, 7) is 11.4. The summed E-state index contributed by atoms with van der Waals surface area (Å²) >= 11 is 0. The molecular formula is C26H32N4O2.